The molecule has 120 valence electrons. The van der Waals surface area contributed by atoms with Gasteiger partial charge in [0.2, 0.25) is 5.91 Å². The van der Waals surface area contributed by atoms with E-state index < -0.39 is 0 Å². The number of carbonyl (C=O) groups excluding carboxylic acids is 1. The number of benzene rings is 2. The predicted molar refractivity (Wildman–Crippen MR) is 95.5 cm³/mol. The molecular weight excluding hydrogens is 284 g/mol. The number of nitrogens with one attached hydrogen (secondary N) is 1. The second-order valence-electron chi connectivity index (χ2n) is 6.47. The quantitative estimate of drug-likeness (QED) is 0.634. The van der Waals surface area contributed by atoms with Crippen LogP contribution in [-0.2, 0) is 16.6 Å². The summed E-state index contributed by atoms with van der Waals surface area (Å²) in [5, 5.41) is 4.25. The van der Waals surface area contributed by atoms with E-state index in [2.05, 4.69) is 36.5 Å². The standard InChI is InChI=1S/C20H24N2O/c1-16(15-20(2,3)18-12-8-5-9-13-18)21-22-19(23)14-17-10-6-4-7-11-17/h4-13H,14-15H2,1-3H3,(H,22,23)/b21-16-. The first-order valence-electron chi connectivity index (χ1n) is 7.89. The summed E-state index contributed by atoms with van der Waals surface area (Å²) in [5.74, 6) is -0.0898. The predicted octanol–water partition coefficient (Wildman–Crippen LogP) is 4.09. The van der Waals surface area contributed by atoms with Crippen LogP contribution in [0.15, 0.2) is 65.8 Å². The number of amides is 1. The zero-order valence-corrected chi connectivity index (χ0v) is 14.0. The van der Waals surface area contributed by atoms with Crippen LogP contribution in [0.25, 0.3) is 0 Å². The van der Waals surface area contributed by atoms with Crippen molar-refractivity contribution < 1.29 is 4.79 Å². The first kappa shape index (κ1) is 16.9. The van der Waals surface area contributed by atoms with E-state index in [0.29, 0.717) is 6.42 Å². The molecule has 3 nitrogen and oxygen atoms in total. The highest BCUT2D eigenvalue weighted by Crippen LogP contribution is 2.27. The molecule has 2 rings (SSSR count). The second kappa shape index (κ2) is 7.73. The minimum Gasteiger partial charge on any atom is -0.273 e. The molecule has 1 N–H and O–H groups in total. The van der Waals surface area contributed by atoms with E-state index in [0.717, 1.165) is 17.7 Å². The summed E-state index contributed by atoms with van der Waals surface area (Å²) >= 11 is 0. The van der Waals surface area contributed by atoms with Crippen molar-refractivity contribution in [2.45, 2.75) is 39.0 Å². The zero-order chi connectivity index (χ0) is 16.7. The van der Waals surface area contributed by atoms with Crippen LogP contribution in [0.1, 0.15) is 38.3 Å². The molecule has 2 aromatic rings. The Morgan fingerprint density at radius 2 is 1.57 bits per heavy atom. The maximum absolute atomic E-state index is 11.9. The SMILES string of the molecule is C/C(CC(C)(C)c1ccccc1)=N/NC(=O)Cc1ccccc1. The number of hydrazone groups is 1. The molecule has 0 fully saturated rings. The van der Waals surface area contributed by atoms with Gasteiger partial charge in [0.25, 0.3) is 0 Å². The molecule has 0 aromatic heterocycles. The second-order valence-corrected chi connectivity index (χ2v) is 6.47. The monoisotopic (exact) mass is 308 g/mol. The minimum atomic E-state index is -0.0898. The number of carbonyl (C=O) groups is 1. The summed E-state index contributed by atoms with van der Waals surface area (Å²) < 4.78 is 0. The largest absolute Gasteiger partial charge is 0.273 e. The summed E-state index contributed by atoms with van der Waals surface area (Å²) in [6, 6.07) is 20.0. The van der Waals surface area contributed by atoms with Crippen LogP contribution in [0.4, 0.5) is 0 Å². The molecule has 0 aliphatic carbocycles. The van der Waals surface area contributed by atoms with Gasteiger partial charge in [-0.2, -0.15) is 5.10 Å². The molecule has 0 atom stereocenters. The Morgan fingerprint density at radius 3 is 2.17 bits per heavy atom. The first-order chi connectivity index (χ1) is 11.0. The van der Waals surface area contributed by atoms with Crippen LogP contribution < -0.4 is 5.43 Å². The van der Waals surface area contributed by atoms with Gasteiger partial charge in [-0.25, -0.2) is 5.43 Å². The molecule has 0 saturated heterocycles. The van der Waals surface area contributed by atoms with Gasteiger partial charge in [-0.1, -0.05) is 74.5 Å². The zero-order valence-electron chi connectivity index (χ0n) is 14.0. The molecule has 0 spiro atoms. The Kier molecular flexibility index (Phi) is 5.69. The van der Waals surface area contributed by atoms with Crippen molar-refractivity contribution >= 4 is 11.6 Å². The lowest BCUT2D eigenvalue weighted by Gasteiger charge is -2.25. The molecule has 23 heavy (non-hydrogen) atoms. The lowest BCUT2D eigenvalue weighted by Crippen LogP contribution is -2.25. The molecule has 2 aromatic carbocycles. The van der Waals surface area contributed by atoms with Crippen LogP contribution in [0.5, 0.6) is 0 Å². The van der Waals surface area contributed by atoms with Gasteiger partial charge < -0.3 is 0 Å². The van der Waals surface area contributed by atoms with Crippen LogP contribution in [0.2, 0.25) is 0 Å². The Balaban J connectivity index is 1.91. The van der Waals surface area contributed by atoms with Crippen LogP contribution in [0, 0.1) is 0 Å². The third-order valence-electron chi connectivity index (χ3n) is 3.83. The number of rotatable bonds is 6. The fourth-order valence-electron chi connectivity index (χ4n) is 2.65. The highest BCUT2D eigenvalue weighted by molar-refractivity contribution is 5.86. The molecule has 0 aliphatic rings. The summed E-state index contributed by atoms with van der Waals surface area (Å²) in [6.07, 6.45) is 1.14. The van der Waals surface area contributed by atoms with E-state index in [1.807, 2.05) is 55.5 Å². The smallest absolute Gasteiger partial charge is 0.244 e. The van der Waals surface area contributed by atoms with Crippen molar-refractivity contribution in [3.63, 3.8) is 0 Å². The van der Waals surface area contributed by atoms with Crippen molar-refractivity contribution in [3.05, 3.63) is 71.8 Å². The summed E-state index contributed by atoms with van der Waals surface area (Å²) in [7, 11) is 0. The number of hydrogen-bond acceptors (Lipinski definition) is 2. The molecule has 0 radical (unpaired) electrons. The van der Waals surface area contributed by atoms with E-state index in [-0.39, 0.29) is 11.3 Å². The molecule has 1 amide bonds. The summed E-state index contributed by atoms with van der Waals surface area (Å²) in [5.41, 5.74) is 5.81. The van der Waals surface area contributed by atoms with Crippen LogP contribution in [-0.4, -0.2) is 11.6 Å². The maximum Gasteiger partial charge on any atom is 0.244 e. The molecule has 0 aliphatic heterocycles. The van der Waals surface area contributed by atoms with Crippen molar-refractivity contribution in [1.29, 1.82) is 0 Å². The van der Waals surface area contributed by atoms with Gasteiger partial charge in [0.1, 0.15) is 0 Å². The van der Waals surface area contributed by atoms with E-state index in [4.69, 9.17) is 0 Å². The van der Waals surface area contributed by atoms with Gasteiger partial charge in [-0.05, 0) is 29.9 Å². The van der Waals surface area contributed by atoms with Crippen molar-refractivity contribution in [2.24, 2.45) is 5.10 Å². The van der Waals surface area contributed by atoms with Gasteiger partial charge in [0.05, 0.1) is 6.42 Å². The van der Waals surface area contributed by atoms with Gasteiger partial charge >= 0.3 is 0 Å². The molecule has 0 saturated carbocycles. The third-order valence-corrected chi connectivity index (χ3v) is 3.83. The van der Waals surface area contributed by atoms with Gasteiger partial charge in [-0.3, -0.25) is 4.79 Å². The average Bonchev–Trinajstić information content (AvgIpc) is 2.54. The Hall–Kier alpha value is -2.42. The van der Waals surface area contributed by atoms with E-state index in [1.165, 1.54) is 5.56 Å². The van der Waals surface area contributed by atoms with Gasteiger partial charge in [0.15, 0.2) is 0 Å². The fourth-order valence-corrected chi connectivity index (χ4v) is 2.65. The van der Waals surface area contributed by atoms with Crippen LogP contribution >= 0.6 is 0 Å². The fraction of sp³-hybridized carbons (Fsp3) is 0.300. The summed E-state index contributed by atoms with van der Waals surface area (Å²) in [6.45, 7) is 6.33. The highest BCUT2D eigenvalue weighted by atomic mass is 16.2. The van der Waals surface area contributed by atoms with Gasteiger partial charge in [-0.15, -0.1) is 0 Å². The Labute approximate surface area is 138 Å². The summed E-state index contributed by atoms with van der Waals surface area (Å²) in [4.78, 5) is 11.9. The van der Waals surface area contributed by atoms with E-state index >= 15 is 0 Å². The van der Waals surface area contributed by atoms with Crippen molar-refractivity contribution in [2.75, 3.05) is 0 Å². The first-order valence-corrected chi connectivity index (χ1v) is 7.89. The molecule has 3 heteroatoms. The molecule has 0 unspecified atom stereocenters. The van der Waals surface area contributed by atoms with E-state index in [1.54, 1.807) is 0 Å². The number of hydrogen-bond donors (Lipinski definition) is 1. The van der Waals surface area contributed by atoms with Gasteiger partial charge in [0, 0.05) is 5.71 Å². The minimum absolute atomic E-state index is 0.0149. The van der Waals surface area contributed by atoms with Crippen molar-refractivity contribution in [1.82, 2.24) is 5.43 Å². The number of nitrogens with zero attached hydrogens (tertiary/aromatic N) is 1. The Morgan fingerprint density at radius 1 is 1.00 bits per heavy atom. The average molecular weight is 308 g/mol. The van der Waals surface area contributed by atoms with E-state index in [9.17, 15) is 4.79 Å². The molecule has 0 bridgehead atoms. The lowest BCUT2D eigenvalue weighted by atomic mass is 9.80. The normalized spacial score (nSPS) is 12.0. The highest BCUT2D eigenvalue weighted by Gasteiger charge is 2.21. The maximum atomic E-state index is 11.9. The molecular formula is C20H24N2O. The van der Waals surface area contributed by atoms with Crippen molar-refractivity contribution in [3.8, 4) is 0 Å². The Bertz CT molecular complexity index is 661. The third kappa shape index (κ3) is 5.37. The molecule has 0 heterocycles. The lowest BCUT2D eigenvalue weighted by molar-refractivity contribution is -0.120. The topological polar surface area (TPSA) is 41.5 Å². The van der Waals surface area contributed by atoms with Crippen LogP contribution in [0.3, 0.4) is 0 Å².